The van der Waals surface area contributed by atoms with Gasteiger partial charge in [0.15, 0.2) is 0 Å². The number of nitrogens with one attached hydrogen (secondary N) is 2. The molecule has 0 saturated heterocycles. The van der Waals surface area contributed by atoms with Crippen LogP contribution in [-0.2, 0) is 14.8 Å². The third-order valence-corrected chi connectivity index (χ3v) is 5.16. The van der Waals surface area contributed by atoms with Crippen LogP contribution in [0.2, 0.25) is 0 Å². The minimum atomic E-state index is -3.80. The minimum Gasteiger partial charge on any atom is -0.468 e. The molecule has 1 atom stereocenters. The molecule has 1 aromatic heterocycles. The van der Waals surface area contributed by atoms with Crippen LogP contribution in [0.15, 0.2) is 69.1 Å². The van der Waals surface area contributed by atoms with Crippen LogP contribution < -0.4 is 10.0 Å². The van der Waals surface area contributed by atoms with Crippen LogP contribution in [0.1, 0.15) is 18.2 Å². The molecule has 0 fully saturated rings. The molecule has 0 aliphatic heterocycles. The van der Waals surface area contributed by atoms with Gasteiger partial charge in [-0.25, -0.2) is 8.42 Å². The normalized spacial score (nSPS) is 12.5. The largest absolute Gasteiger partial charge is 0.468 e. The van der Waals surface area contributed by atoms with Crippen molar-refractivity contribution in [3.63, 3.8) is 0 Å². The lowest BCUT2D eigenvalue weighted by Crippen LogP contribution is -2.33. The average Bonchev–Trinajstić information content (AvgIpc) is 3.07. The second-order valence-corrected chi connectivity index (χ2v) is 7.57. The van der Waals surface area contributed by atoms with Crippen LogP contribution in [0.3, 0.4) is 0 Å². The first-order valence-electron chi connectivity index (χ1n) is 7.11. The maximum atomic E-state index is 12.5. The van der Waals surface area contributed by atoms with E-state index in [-0.39, 0.29) is 17.2 Å². The molecule has 0 radical (unpaired) electrons. The molecule has 0 saturated carbocycles. The molecule has 2 N–H and O–H groups in total. The summed E-state index contributed by atoms with van der Waals surface area (Å²) in [5.41, 5.74) is 0. The molecule has 24 heavy (non-hydrogen) atoms. The van der Waals surface area contributed by atoms with E-state index in [0.717, 1.165) is 4.47 Å². The van der Waals surface area contributed by atoms with E-state index < -0.39 is 16.1 Å². The zero-order valence-corrected chi connectivity index (χ0v) is 15.1. The SMILES string of the molecule is C=CCNC(=O)CC(NS(=O)(=O)c1ccc(Br)cc1)c1ccco1. The summed E-state index contributed by atoms with van der Waals surface area (Å²) in [7, 11) is -3.80. The topological polar surface area (TPSA) is 88.4 Å². The van der Waals surface area contributed by atoms with Gasteiger partial charge in [0, 0.05) is 11.0 Å². The Morgan fingerprint density at radius 2 is 2.00 bits per heavy atom. The van der Waals surface area contributed by atoms with Gasteiger partial charge in [-0.15, -0.1) is 6.58 Å². The number of rotatable bonds is 8. The molecule has 2 rings (SSSR count). The van der Waals surface area contributed by atoms with Crippen molar-refractivity contribution in [2.45, 2.75) is 17.4 Å². The Hall–Kier alpha value is -1.90. The smallest absolute Gasteiger partial charge is 0.241 e. The quantitative estimate of drug-likeness (QED) is 0.652. The zero-order valence-electron chi connectivity index (χ0n) is 12.7. The third-order valence-electron chi connectivity index (χ3n) is 3.14. The Bertz CT molecular complexity index is 786. The number of halogens is 1. The van der Waals surface area contributed by atoms with Gasteiger partial charge in [-0.2, -0.15) is 4.72 Å². The van der Waals surface area contributed by atoms with Crippen molar-refractivity contribution < 1.29 is 17.6 Å². The molecule has 1 heterocycles. The number of hydrogen-bond donors (Lipinski definition) is 2. The first-order chi connectivity index (χ1) is 11.4. The highest BCUT2D eigenvalue weighted by atomic mass is 79.9. The number of carbonyl (C=O) groups is 1. The molecule has 0 aliphatic carbocycles. The molecule has 1 amide bonds. The number of amides is 1. The second-order valence-electron chi connectivity index (χ2n) is 4.94. The molecule has 1 unspecified atom stereocenters. The van der Waals surface area contributed by atoms with Crippen LogP contribution in [0.4, 0.5) is 0 Å². The minimum absolute atomic E-state index is 0.0862. The summed E-state index contributed by atoms with van der Waals surface area (Å²) < 4.78 is 33.6. The van der Waals surface area contributed by atoms with E-state index in [2.05, 4.69) is 32.5 Å². The molecule has 1 aromatic carbocycles. The number of hydrogen-bond acceptors (Lipinski definition) is 4. The van der Waals surface area contributed by atoms with Crippen molar-refractivity contribution in [1.82, 2.24) is 10.0 Å². The Morgan fingerprint density at radius 1 is 1.29 bits per heavy atom. The van der Waals surface area contributed by atoms with E-state index in [1.807, 2.05) is 0 Å². The van der Waals surface area contributed by atoms with E-state index >= 15 is 0 Å². The van der Waals surface area contributed by atoms with Crippen LogP contribution >= 0.6 is 15.9 Å². The summed E-state index contributed by atoms with van der Waals surface area (Å²) in [6.07, 6.45) is 2.89. The zero-order chi connectivity index (χ0) is 17.6. The highest BCUT2D eigenvalue weighted by molar-refractivity contribution is 9.10. The predicted molar refractivity (Wildman–Crippen MR) is 93.7 cm³/mol. The van der Waals surface area contributed by atoms with E-state index in [0.29, 0.717) is 12.3 Å². The molecule has 8 heteroatoms. The van der Waals surface area contributed by atoms with Crippen molar-refractivity contribution in [2.24, 2.45) is 0 Å². The van der Waals surface area contributed by atoms with Crippen molar-refractivity contribution in [2.75, 3.05) is 6.54 Å². The maximum absolute atomic E-state index is 12.5. The summed E-state index contributed by atoms with van der Waals surface area (Å²) in [5, 5.41) is 2.62. The fourth-order valence-corrected chi connectivity index (χ4v) is 3.47. The van der Waals surface area contributed by atoms with Gasteiger partial charge in [-0.1, -0.05) is 22.0 Å². The molecular formula is C16H17BrN2O4S. The van der Waals surface area contributed by atoms with Gasteiger partial charge in [0.1, 0.15) is 5.76 Å². The number of sulfonamides is 1. The molecule has 0 spiro atoms. The summed E-state index contributed by atoms with van der Waals surface area (Å²) in [6.45, 7) is 3.83. The standard InChI is InChI=1S/C16H17BrN2O4S/c1-2-9-18-16(20)11-14(15-4-3-10-23-15)19-24(21,22)13-7-5-12(17)6-8-13/h2-8,10,14,19H,1,9,11H2,(H,18,20). The Kier molecular flexibility index (Phi) is 6.36. The fraction of sp³-hybridized carbons (Fsp3) is 0.188. The van der Waals surface area contributed by atoms with Crippen LogP contribution in [0.5, 0.6) is 0 Å². The first-order valence-corrected chi connectivity index (χ1v) is 9.39. The fourth-order valence-electron chi connectivity index (χ4n) is 2.00. The van der Waals surface area contributed by atoms with E-state index in [4.69, 9.17) is 4.42 Å². The van der Waals surface area contributed by atoms with E-state index in [9.17, 15) is 13.2 Å². The van der Waals surface area contributed by atoms with Gasteiger partial charge in [0.25, 0.3) is 0 Å². The van der Waals surface area contributed by atoms with Gasteiger partial charge in [0.05, 0.1) is 23.6 Å². The van der Waals surface area contributed by atoms with E-state index in [1.54, 1.807) is 30.3 Å². The molecule has 0 aliphatic rings. The van der Waals surface area contributed by atoms with Gasteiger partial charge < -0.3 is 9.73 Å². The Morgan fingerprint density at radius 3 is 2.58 bits per heavy atom. The predicted octanol–water partition coefficient (Wildman–Crippen LogP) is 2.75. The summed E-state index contributed by atoms with van der Waals surface area (Å²) in [6, 6.07) is 8.67. The summed E-state index contributed by atoms with van der Waals surface area (Å²) in [5.74, 6) is 0.0549. The molecule has 0 bridgehead atoms. The number of furan rings is 1. The average molecular weight is 413 g/mol. The lowest BCUT2D eigenvalue weighted by Gasteiger charge is -2.16. The molecule has 128 valence electrons. The summed E-state index contributed by atoms with van der Waals surface area (Å²) >= 11 is 3.26. The number of carbonyl (C=O) groups excluding carboxylic acids is 1. The van der Waals surface area contributed by atoms with Gasteiger partial charge >= 0.3 is 0 Å². The first kappa shape index (κ1) is 18.4. The molecule has 2 aromatic rings. The maximum Gasteiger partial charge on any atom is 0.241 e. The van der Waals surface area contributed by atoms with Crippen molar-refractivity contribution >= 4 is 31.9 Å². The van der Waals surface area contributed by atoms with Gasteiger partial charge in [-0.3, -0.25) is 4.79 Å². The monoisotopic (exact) mass is 412 g/mol. The second kappa shape index (κ2) is 8.27. The highest BCUT2D eigenvalue weighted by Gasteiger charge is 2.25. The van der Waals surface area contributed by atoms with Gasteiger partial charge in [0.2, 0.25) is 15.9 Å². The Balaban J connectivity index is 2.20. The van der Waals surface area contributed by atoms with Crippen molar-refractivity contribution in [3.05, 3.63) is 65.5 Å². The highest BCUT2D eigenvalue weighted by Crippen LogP contribution is 2.22. The Labute approximate surface area is 149 Å². The summed E-state index contributed by atoms with van der Waals surface area (Å²) in [4.78, 5) is 12.0. The van der Waals surface area contributed by atoms with Crippen LogP contribution in [-0.4, -0.2) is 20.9 Å². The molecular weight excluding hydrogens is 396 g/mol. The van der Waals surface area contributed by atoms with Crippen molar-refractivity contribution in [1.29, 1.82) is 0 Å². The molecule has 6 nitrogen and oxygen atoms in total. The third kappa shape index (κ3) is 5.05. The number of benzene rings is 1. The lowest BCUT2D eigenvalue weighted by atomic mass is 10.1. The van der Waals surface area contributed by atoms with Gasteiger partial charge in [-0.05, 0) is 36.4 Å². The van der Waals surface area contributed by atoms with Crippen molar-refractivity contribution in [3.8, 4) is 0 Å². The van der Waals surface area contributed by atoms with E-state index in [1.165, 1.54) is 18.4 Å². The van der Waals surface area contributed by atoms with Crippen LogP contribution in [0, 0.1) is 0 Å². The van der Waals surface area contributed by atoms with Crippen LogP contribution in [0.25, 0.3) is 0 Å². The lowest BCUT2D eigenvalue weighted by molar-refractivity contribution is -0.121.